The molecule has 9 heteroatoms. The highest BCUT2D eigenvalue weighted by Gasteiger charge is 2.28. The first kappa shape index (κ1) is 16.7. The summed E-state index contributed by atoms with van der Waals surface area (Å²) in [6, 6.07) is 7.76. The summed E-state index contributed by atoms with van der Waals surface area (Å²) in [6.07, 6.45) is 4.06. The number of hydrogen-bond acceptors (Lipinski definition) is 6. The van der Waals surface area contributed by atoms with E-state index in [1.807, 2.05) is 6.07 Å². The summed E-state index contributed by atoms with van der Waals surface area (Å²) in [7, 11) is 0. The maximum Gasteiger partial charge on any atom is 0.256 e. The molecule has 1 aliphatic carbocycles. The Balaban J connectivity index is 1.30. The summed E-state index contributed by atoms with van der Waals surface area (Å²) >= 11 is 0. The number of fused-ring (bicyclic) bond motifs is 1. The molecule has 0 radical (unpaired) electrons. The minimum absolute atomic E-state index is 0.328. The standard InChI is InChI=1S/C19H18FN7O/c20-12-3-1-11(2-4-12)18(28)24-17-14-9-27(10-15(14)25-26-17)16-7-8-21-19(23-16)22-13-5-6-13/h1-4,7-8,13H,5-6,9-10H2,(H,21,22,23)(H2,24,25,26,28). The largest absolute Gasteiger partial charge is 0.351 e. The van der Waals surface area contributed by atoms with Crippen LogP contribution in [0.2, 0.25) is 0 Å². The summed E-state index contributed by atoms with van der Waals surface area (Å²) in [6.45, 7) is 1.19. The van der Waals surface area contributed by atoms with Gasteiger partial charge in [-0.1, -0.05) is 0 Å². The van der Waals surface area contributed by atoms with Crippen LogP contribution in [0.5, 0.6) is 0 Å². The van der Waals surface area contributed by atoms with Crippen molar-refractivity contribution in [3.8, 4) is 0 Å². The average Bonchev–Trinajstić information content (AvgIpc) is 3.28. The van der Waals surface area contributed by atoms with Gasteiger partial charge in [0.2, 0.25) is 5.95 Å². The predicted octanol–water partition coefficient (Wildman–Crippen LogP) is 2.69. The van der Waals surface area contributed by atoms with Crippen molar-refractivity contribution in [2.75, 3.05) is 15.5 Å². The van der Waals surface area contributed by atoms with E-state index in [0.29, 0.717) is 36.5 Å². The van der Waals surface area contributed by atoms with E-state index in [0.717, 1.165) is 29.9 Å². The molecule has 3 N–H and O–H groups in total. The molecule has 3 aromatic rings. The van der Waals surface area contributed by atoms with Crippen molar-refractivity contribution >= 4 is 23.5 Å². The van der Waals surface area contributed by atoms with Crippen molar-refractivity contribution in [2.24, 2.45) is 0 Å². The highest BCUT2D eigenvalue weighted by Crippen LogP contribution is 2.31. The van der Waals surface area contributed by atoms with Crippen molar-refractivity contribution in [3.05, 3.63) is 59.2 Å². The molecule has 2 aliphatic rings. The molecule has 142 valence electrons. The number of carbonyl (C=O) groups is 1. The van der Waals surface area contributed by atoms with Crippen molar-refractivity contribution in [1.82, 2.24) is 20.2 Å². The number of aromatic amines is 1. The second-order valence-electron chi connectivity index (χ2n) is 7.00. The van der Waals surface area contributed by atoms with E-state index < -0.39 is 0 Å². The van der Waals surface area contributed by atoms with Crippen LogP contribution in [0.4, 0.5) is 22.0 Å². The Labute approximate surface area is 160 Å². The molecular weight excluding hydrogens is 361 g/mol. The van der Waals surface area contributed by atoms with Gasteiger partial charge in [-0.3, -0.25) is 9.89 Å². The summed E-state index contributed by atoms with van der Waals surface area (Å²) in [5.74, 6) is 1.23. The predicted molar refractivity (Wildman–Crippen MR) is 102 cm³/mol. The Bertz CT molecular complexity index is 1030. The Kier molecular flexibility index (Phi) is 3.92. The van der Waals surface area contributed by atoms with Crippen molar-refractivity contribution < 1.29 is 9.18 Å². The van der Waals surface area contributed by atoms with Crippen LogP contribution in [0.1, 0.15) is 34.5 Å². The first-order valence-corrected chi connectivity index (χ1v) is 9.13. The van der Waals surface area contributed by atoms with E-state index in [9.17, 15) is 9.18 Å². The zero-order valence-electron chi connectivity index (χ0n) is 14.9. The van der Waals surface area contributed by atoms with Crippen LogP contribution in [-0.2, 0) is 13.1 Å². The highest BCUT2D eigenvalue weighted by atomic mass is 19.1. The smallest absolute Gasteiger partial charge is 0.256 e. The fourth-order valence-corrected chi connectivity index (χ4v) is 3.19. The molecule has 0 atom stereocenters. The molecule has 0 spiro atoms. The minimum Gasteiger partial charge on any atom is -0.351 e. The first-order chi connectivity index (χ1) is 13.7. The number of rotatable bonds is 5. The molecule has 1 amide bonds. The fraction of sp³-hybridized carbons (Fsp3) is 0.263. The van der Waals surface area contributed by atoms with Crippen LogP contribution < -0.4 is 15.5 Å². The topological polar surface area (TPSA) is 98.8 Å². The lowest BCUT2D eigenvalue weighted by molar-refractivity contribution is 0.102. The number of hydrogen-bond donors (Lipinski definition) is 3. The molecule has 1 saturated carbocycles. The number of carbonyl (C=O) groups excluding carboxylic acids is 1. The van der Waals surface area contributed by atoms with Crippen molar-refractivity contribution in [3.63, 3.8) is 0 Å². The normalized spacial score (nSPS) is 15.4. The first-order valence-electron chi connectivity index (χ1n) is 9.13. The molecule has 2 aromatic heterocycles. The third-order valence-corrected chi connectivity index (χ3v) is 4.86. The Morgan fingerprint density at radius 3 is 2.79 bits per heavy atom. The summed E-state index contributed by atoms with van der Waals surface area (Å²) in [4.78, 5) is 23.4. The van der Waals surface area contributed by atoms with Crippen molar-refractivity contribution in [1.29, 1.82) is 0 Å². The molecule has 0 bridgehead atoms. The number of H-pyrrole nitrogens is 1. The third-order valence-electron chi connectivity index (χ3n) is 4.86. The average molecular weight is 379 g/mol. The molecule has 1 fully saturated rings. The maximum absolute atomic E-state index is 13.0. The number of amides is 1. The second kappa shape index (κ2) is 6.59. The summed E-state index contributed by atoms with van der Waals surface area (Å²) < 4.78 is 13.0. The highest BCUT2D eigenvalue weighted by molar-refractivity contribution is 6.04. The van der Waals surface area contributed by atoms with Gasteiger partial charge in [-0.25, -0.2) is 9.37 Å². The van der Waals surface area contributed by atoms with Crippen LogP contribution in [0.15, 0.2) is 36.5 Å². The van der Waals surface area contributed by atoms with Gasteiger partial charge < -0.3 is 15.5 Å². The van der Waals surface area contributed by atoms with Gasteiger partial charge in [0.15, 0.2) is 5.82 Å². The quantitative estimate of drug-likeness (QED) is 0.630. The number of nitrogens with one attached hydrogen (secondary N) is 3. The van der Waals surface area contributed by atoms with E-state index >= 15 is 0 Å². The second-order valence-corrected chi connectivity index (χ2v) is 7.00. The van der Waals surface area contributed by atoms with Gasteiger partial charge in [0.25, 0.3) is 5.91 Å². The Morgan fingerprint density at radius 2 is 2.00 bits per heavy atom. The van der Waals surface area contributed by atoms with Crippen LogP contribution in [0.25, 0.3) is 0 Å². The van der Waals surface area contributed by atoms with Crippen LogP contribution >= 0.6 is 0 Å². The number of halogens is 1. The summed E-state index contributed by atoms with van der Waals surface area (Å²) in [5, 5.41) is 13.3. The number of anilines is 3. The lowest BCUT2D eigenvalue weighted by Crippen LogP contribution is -2.19. The molecular formula is C19H18FN7O. The number of benzene rings is 1. The minimum atomic E-state index is -0.381. The van der Waals surface area contributed by atoms with Gasteiger partial charge >= 0.3 is 0 Å². The lowest BCUT2D eigenvalue weighted by atomic mass is 10.2. The van der Waals surface area contributed by atoms with E-state index in [4.69, 9.17) is 0 Å². The third kappa shape index (κ3) is 3.26. The fourth-order valence-electron chi connectivity index (χ4n) is 3.19. The number of nitrogens with zero attached hydrogens (tertiary/aromatic N) is 4. The van der Waals surface area contributed by atoms with Gasteiger partial charge in [0, 0.05) is 23.4 Å². The zero-order valence-corrected chi connectivity index (χ0v) is 14.9. The SMILES string of the molecule is O=C(Nc1n[nH]c2c1CN(c1ccnc(NC3CC3)n1)C2)c1ccc(F)cc1. The Hall–Kier alpha value is -3.49. The van der Waals surface area contributed by atoms with Gasteiger partial charge in [0.1, 0.15) is 11.6 Å². The molecule has 1 aromatic carbocycles. The molecule has 1 aliphatic heterocycles. The van der Waals surface area contributed by atoms with Crippen LogP contribution in [0.3, 0.4) is 0 Å². The van der Waals surface area contributed by atoms with E-state index in [-0.39, 0.29) is 11.7 Å². The molecule has 28 heavy (non-hydrogen) atoms. The lowest BCUT2D eigenvalue weighted by Gasteiger charge is -2.17. The van der Waals surface area contributed by atoms with Gasteiger partial charge in [-0.15, -0.1) is 0 Å². The van der Waals surface area contributed by atoms with Crippen LogP contribution in [0, 0.1) is 5.82 Å². The maximum atomic E-state index is 13.0. The Morgan fingerprint density at radius 1 is 1.18 bits per heavy atom. The molecule has 5 rings (SSSR count). The van der Waals surface area contributed by atoms with E-state index in [1.54, 1.807) is 6.20 Å². The van der Waals surface area contributed by atoms with Crippen LogP contribution in [-0.4, -0.2) is 32.1 Å². The summed E-state index contributed by atoms with van der Waals surface area (Å²) in [5.41, 5.74) is 2.23. The molecule has 8 nitrogen and oxygen atoms in total. The molecule has 0 saturated heterocycles. The van der Waals surface area contributed by atoms with Gasteiger partial charge in [-0.2, -0.15) is 10.1 Å². The van der Waals surface area contributed by atoms with Gasteiger partial charge in [0.05, 0.1) is 18.8 Å². The van der Waals surface area contributed by atoms with Crippen molar-refractivity contribution in [2.45, 2.75) is 32.0 Å². The number of aromatic nitrogens is 4. The van der Waals surface area contributed by atoms with E-state index in [2.05, 4.69) is 35.7 Å². The van der Waals surface area contributed by atoms with Gasteiger partial charge in [-0.05, 0) is 43.2 Å². The molecule has 3 heterocycles. The monoisotopic (exact) mass is 379 g/mol. The zero-order chi connectivity index (χ0) is 19.1. The van der Waals surface area contributed by atoms with E-state index in [1.165, 1.54) is 24.3 Å². The molecule has 0 unspecified atom stereocenters.